The van der Waals surface area contributed by atoms with E-state index >= 15 is 0 Å². The molecule has 0 bridgehead atoms. The largest absolute Gasteiger partial charge is 0.480 e. The van der Waals surface area contributed by atoms with E-state index in [9.17, 15) is 14.4 Å². The van der Waals surface area contributed by atoms with Crippen LogP contribution >= 0.6 is 0 Å². The summed E-state index contributed by atoms with van der Waals surface area (Å²) in [5.74, 6) is -1.30. The van der Waals surface area contributed by atoms with Gasteiger partial charge in [-0.2, -0.15) is 0 Å². The predicted molar refractivity (Wildman–Crippen MR) is 185 cm³/mol. The number of allylic oxidation sites excluding steroid dienone is 7. The Bertz CT molecular complexity index is 814. The van der Waals surface area contributed by atoms with Crippen LogP contribution in [0.25, 0.3) is 0 Å². The van der Waals surface area contributed by atoms with E-state index in [2.05, 4.69) is 67.8 Å². The van der Waals surface area contributed by atoms with Gasteiger partial charge in [-0.1, -0.05) is 121 Å². The SMILES string of the molecule is CC/C=C\C/C=C\C/C=C\CCCCCC(=O)OC(/C=C\CCCCCCCC)CCCCCCCCC(=O)NCC(=O)O. The van der Waals surface area contributed by atoms with Crippen LogP contribution in [-0.4, -0.2) is 35.6 Å². The van der Waals surface area contributed by atoms with Crippen molar-refractivity contribution >= 4 is 17.8 Å². The van der Waals surface area contributed by atoms with Crippen molar-refractivity contribution in [2.45, 2.75) is 168 Å². The molecule has 1 amide bonds. The number of ether oxygens (including phenoxy) is 1. The van der Waals surface area contributed by atoms with Crippen molar-refractivity contribution in [1.29, 1.82) is 0 Å². The molecule has 0 heterocycles. The zero-order chi connectivity index (χ0) is 32.4. The first-order valence-electron chi connectivity index (χ1n) is 17.8. The van der Waals surface area contributed by atoms with Crippen LogP contribution in [0.4, 0.5) is 0 Å². The van der Waals surface area contributed by atoms with Crippen LogP contribution in [0.2, 0.25) is 0 Å². The van der Waals surface area contributed by atoms with Gasteiger partial charge in [-0.05, 0) is 76.7 Å². The van der Waals surface area contributed by atoms with Gasteiger partial charge in [0.15, 0.2) is 0 Å². The molecule has 0 rings (SSSR count). The van der Waals surface area contributed by atoms with Crippen LogP contribution in [0.3, 0.4) is 0 Å². The lowest BCUT2D eigenvalue weighted by molar-refractivity contribution is -0.147. The van der Waals surface area contributed by atoms with E-state index in [1.807, 2.05) is 0 Å². The Hall–Kier alpha value is -2.63. The minimum Gasteiger partial charge on any atom is -0.480 e. The zero-order valence-corrected chi connectivity index (χ0v) is 28.2. The molecule has 6 heteroatoms. The summed E-state index contributed by atoms with van der Waals surface area (Å²) in [4.78, 5) is 34.7. The molecule has 0 aromatic rings. The van der Waals surface area contributed by atoms with Crippen LogP contribution in [0.5, 0.6) is 0 Å². The predicted octanol–water partition coefficient (Wildman–Crippen LogP) is 10.3. The van der Waals surface area contributed by atoms with Crippen molar-refractivity contribution in [1.82, 2.24) is 5.32 Å². The lowest BCUT2D eigenvalue weighted by Crippen LogP contribution is -2.28. The second kappa shape index (κ2) is 33.3. The van der Waals surface area contributed by atoms with E-state index in [4.69, 9.17) is 9.84 Å². The number of carbonyl (C=O) groups is 3. The molecule has 2 N–H and O–H groups in total. The van der Waals surface area contributed by atoms with E-state index in [0.717, 1.165) is 96.3 Å². The van der Waals surface area contributed by atoms with Crippen LogP contribution in [0, 0.1) is 0 Å². The Balaban J connectivity index is 4.25. The number of esters is 1. The van der Waals surface area contributed by atoms with Crippen LogP contribution in [0.1, 0.15) is 162 Å². The van der Waals surface area contributed by atoms with E-state index in [-0.39, 0.29) is 24.5 Å². The molecule has 0 aliphatic rings. The fourth-order valence-electron chi connectivity index (χ4n) is 4.85. The van der Waals surface area contributed by atoms with E-state index < -0.39 is 5.97 Å². The highest BCUT2D eigenvalue weighted by Crippen LogP contribution is 2.15. The van der Waals surface area contributed by atoms with Crippen LogP contribution in [-0.2, 0) is 19.1 Å². The van der Waals surface area contributed by atoms with Crippen molar-refractivity contribution in [2.75, 3.05) is 6.54 Å². The Kier molecular flexibility index (Phi) is 31.3. The van der Waals surface area contributed by atoms with Gasteiger partial charge >= 0.3 is 11.9 Å². The van der Waals surface area contributed by atoms with Crippen molar-refractivity contribution in [3.8, 4) is 0 Å². The summed E-state index contributed by atoms with van der Waals surface area (Å²) >= 11 is 0. The molecule has 0 saturated carbocycles. The lowest BCUT2D eigenvalue weighted by atomic mass is 10.0. The molecule has 1 atom stereocenters. The maximum Gasteiger partial charge on any atom is 0.322 e. The Morgan fingerprint density at radius 2 is 1.18 bits per heavy atom. The second-order valence-corrected chi connectivity index (χ2v) is 11.7. The van der Waals surface area contributed by atoms with Gasteiger partial charge in [0.25, 0.3) is 0 Å². The summed E-state index contributed by atoms with van der Waals surface area (Å²) in [7, 11) is 0. The molecule has 0 spiro atoms. The topological polar surface area (TPSA) is 92.7 Å². The highest BCUT2D eigenvalue weighted by molar-refractivity contribution is 5.80. The second-order valence-electron chi connectivity index (χ2n) is 11.7. The molecular formula is C38H65NO5. The number of hydrogen-bond donors (Lipinski definition) is 2. The molecule has 0 radical (unpaired) electrons. The van der Waals surface area contributed by atoms with E-state index in [1.54, 1.807) is 0 Å². The van der Waals surface area contributed by atoms with Gasteiger partial charge in [0, 0.05) is 12.8 Å². The van der Waals surface area contributed by atoms with Gasteiger partial charge < -0.3 is 15.2 Å². The first kappa shape index (κ1) is 41.4. The van der Waals surface area contributed by atoms with Crippen molar-refractivity contribution in [3.05, 3.63) is 48.6 Å². The maximum absolute atomic E-state index is 12.6. The molecule has 0 aromatic carbocycles. The Labute approximate surface area is 269 Å². The van der Waals surface area contributed by atoms with Crippen molar-refractivity contribution < 1.29 is 24.2 Å². The number of carbonyl (C=O) groups excluding carboxylic acids is 2. The number of unbranched alkanes of at least 4 members (excludes halogenated alkanes) is 14. The van der Waals surface area contributed by atoms with E-state index in [0.29, 0.717) is 12.8 Å². The van der Waals surface area contributed by atoms with Gasteiger partial charge in [-0.25, -0.2) is 0 Å². The van der Waals surface area contributed by atoms with Crippen molar-refractivity contribution in [2.24, 2.45) is 0 Å². The average Bonchev–Trinajstić information content (AvgIpc) is 3.00. The van der Waals surface area contributed by atoms with Crippen LogP contribution < -0.4 is 5.32 Å². The van der Waals surface area contributed by atoms with Gasteiger partial charge in [-0.3, -0.25) is 14.4 Å². The van der Waals surface area contributed by atoms with Gasteiger partial charge in [0.2, 0.25) is 5.91 Å². The number of amides is 1. The maximum atomic E-state index is 12.6. The first-order valence-corrected chi connectivity index (χ1v) is 17.8. The number of rotatable bonds is 31. The fraction of sp³-hybridized carbons (Fsp3) is 0.711. The number of carboxylic acids is 1. The van der Waals surface area contributed by atoms with E-state index in [1.165, 1.54) is 38.5 Å². The molecule has 0 saturated heterocycles. The molecule has 0 fully saturated rings. The number of carboxylic acid groups (broad SMARTS) is 1. The third-order valence-corrected chi connectivity index (χ3v) is 7.47. The summed E-state index contributed by atoms with van der Waals surface area (Å²) in [5.41, 5.74) is 0. The molecule has 0 aromatic heterocycles. The first-order chi connectivity index (χ1) is 21.5. The monoisotopic (exact) mass is 615 g/mol. The number of hydrogen-bond acceptors (Lipinski definition) is 4. The zero-order valence-electron chi connectivity index (χ0n) is 28.2. The number of nitrogens with one attached hydrogen (secondary N) is 1. The highest BCUT2D eigenvalue weighted by Gasteiger charge is 2.11. The molecular weight excluding hydrogens is 550 g/mol. The standard InChI is InChI=1S/C38H65NO5/c1-3-5-7-9-11-13-14-15-16-17-19-25-29-33-38(43)44-35(30-26-22-18-12-10-8-6-4-2)31-27-23-20-21-24-28-32-36(40)39-34-37(41)42/h5,7,11,13,15-16,26,30,35H,3-4,6,8-10,12,14,17-25,27-29,31-34H2,1-2H3,(H,39,40)(H,41,42)/b7-5-,13-11-,16-15-,30-26-. The van der Waals surface area contributed by atoms with Crippen molar-refractivity contribution in [3.63, 3.8) is 0 Å². The molecule has 6 nitrogen and oxygen atoms in total. The molecule has 0 aliphatic carbocycles. The third-order valence-electron chi connectivity index (χ3n) is 7.47. The smallest absolute Gasteiger partial charge is 0.322 e. The molecule has 252 valence electrons. The molecule has 1 unspecified atom stereocenters. The molecule has 44 heavy (non-hydrogen) atoms. The van der Waals surface area contributed by atoms with Crippen LogP contribution in [0.15, 0.2) is 48.6 Å². The summed E-state index contributed by atoms with van der Waals surface area (Å²) < 4.78 is 5.89. The Morgan fingerprint density at radius 1 is 0.636 bits per heavy atom. The minimum absolute atomic E-state index is 0.0850. The summed E-state index contributed by atoms with van der Waals surface area (Å²) in [6, 6.07) is 0. The Morgan fingerprint density at radius 3 is 1.86 bits per heavy atom. The quantitative estimate of drug-likeness (QED) is 0.0460. The van der Waals surface area contributed by atoms with Gasteiger partial charge in [-0.15, -0.1) is 0 Å². The summed E-state index contributed by atoms with van der Waals surface area (Å²) in [5, 5.41) is 11.0. The summed E-state index contributed by atoms with van der Waals surface area (Å²) in [6.45, 7) is 4.07. The van der Waals surface area contributed by atoms with Gasteiger partial charge in [0.1, 0.15) is 12.6 Å². The number of aliphatic carboxylic acids is 1. The minimum atomic E-state index is -1.02. The third kappa shape index (κ3) is 32.3. The normalized spacial score (nSPS) is 12.6. The summed E-state index contributed by atoms with van der Waals surface area (Å²) in [6.07, 6.45) is 41.0. The highest BCUT2D eigenvalue weighted by atomic mass is 16.5. The lowest BCUT2D eigenvalue weighted by Gasteiger charge is -2.15. The average molecular weight is 616 g/mol. The van der Waals surface area contributed by atoms with Gasteiger partial charge in [0.05, 0.1) is 0 Å². The molecule has 0 aliphatic heterocycles. The fourth-order valence-corrected chi connectivity index (χ4v) is 4.85.